The van der Waals surface area contributed by atoms with Gasteiger partial charge >= 0.3 is 0 Å². The first-order chi connectivity index (χ1) is 10.2. The molecule has 1 unspecified atom stereocenters. The summed E-state index contributed by atoms with van der Waals surface area (Å²) in [4.78, 5) is 6.79. The van der Waals surface area contributed by atoms with Crippen molar-refractivity contribution in [2.24, 2.45) is 16.8 Å². The molecule has 0 aromatic rings. The van der Waals surface area contributed by atoms with Crippen LogP contribution in [-0.2, 0) is 4.74 Å². The first kappa shape index (κ1) is 21.9. The Kier molecular flexibility index (Phi) is 13.3. The Bertz CT molecular complexity index is 292. The summed E-state index contributed by atoms with van der Waals surface area (Å²) in [5, 5.41) is 6.88. The lowest BCUT2D eigenvalue weighted by atomic mass is 10.0. The highest BCUT2D eigenvalue weighted by Gasteiger charge is 2.14. The highest BCUT2D eigenvalue weighted by atomic mass is 127. The molecule has 0 spiro atoms. The lowest BCUT2D eigenvalue weighted by molar-refractivity contribution is 0.0320. The molecule has 0 aliphatic carbocycles. The molecule has 6 heteroatoms. The summed E-state index contributed by atoms with van der Waals surface area (Å²) in [5.41, 5.74) is 0. The predicted octanol–water partition coefficient (Wildman–Crippen LogP) is 2.17. The lowest BCUT2D eigenvalue weighted by Gasteiger charge is -2.29. The quantitative estimate of drug-likeness (QED) is 0.355. The second-order valence-electron chi connectivity index (χ2n) is 6.03. The van der Waals surface area contributed by atoms with Crippen LogP contribution >= 0.6 is 24.0 Å². The summed E-state index contributed by atoms with van der Waals surface area (Å²) in [6.07, 6.45) is 2.43. The molecule has 0 bridgehead atoms. The maximum absolute atomic E-state index is 5.39. The van der Waals surface area contributed by atoms with Gasteiger partial charge in [0.15, 0.2) is 5.96 Å². The molecule has 0 saturated carbocycles. The third kappa shape index (κ3) is 9.15. The fourth-order valence-corrected chi connectivity index (χ4v) is 2.60. The molecule has 1 aliphatic rings. The fourth-order valence-electron chi connectivity index (χ4n) is 2.60. The minimum atomic E-state index is 0. The van der Waals surface area contributed by atoms with E-state index in [0.717, 1.165) is 57.8 Å². The summed E-state index contributed by atoms with van der Waals surface area (Å²) in [5.74, 6) is 2.26. The van der Waals surface area contributed by atoms with Gasteiger partial charge in [0, 0.05) is 39.8 Å². The highest BCUT2D eigenvalue weighted by molar-refractivity contribution is 14.0. The van der Waals surface area contributed by atoms with Gasteiger partial charge < -0.3 is 15.4 Å². The van der Waals surface area contributed by atoms with Crippen molar-refractivity contribution in [3.05, 3.63) is 0 Å². The molecule has 1 atom stereocenters. The van der Waals surface area contributed by atoms with E-state index in [-0.39, 0.29) is 24.0 Å². The Morgan fingerprint density at radius 1 is 1.14 bits per heavy atom. The number of hydrogen-bond acceptors (Lipinski definition) is 3. The third-order valence-electron chi connectivity index (χ3n) is 4.23. The number of ether oxygens (including phenoxy) is 1. The van der Waals surface area contributed by atoms with Gasteiger partial charge in [-0.2, -0.15) is 0 Å². The van der Waals surface area contributed by atoms with Crippen LogP contribution in [0.25, 0.3) is 0 Å². The van der Waals surface area contributed by atoms with Crippen LogP contribution in [0.1, 0.15) is 33.6 Å². The number of morpholine rings is 1. The first-order valence-corrected chi connectivity index (χ1v) is 8.44. The van der Waals surface area contributed by atoms with Crippen LogP contribution in [0.3, 0.4) is 0 Å². The largest absolute Gasteiger partial charge is 0.379 e. The van der Waals surface area contributed by atoms with E-state index in [9.17, 15) is 0 Å². The van der Waals surface area contributed by atoms with Crippen LogP contribution in [0.4, 0.5) is 0 Å². The number of guanidine groups is 1. The van der Waals surface area contributed by atoms with E-state index in [0.29, 0.717) is 5.92 Å². The molecular formula is C16H35IN4O. The number of nitrogens with one attached hydrogen (secondary N) is 2. The van der Waals surface area contributed by atoms with E-state index in [1.807, 2.05) is 7.05 Å². The average Bonchev–Trinajstić information content (AvgIpc) is 2.52. The van der Waals surface area contributed by atoms with Gasteiger partial charge in [-0.05, 0) is 11.8 Å². The van der Waals surface area contributed by atoms with Crippen LogP contribution in [0.2, 0.25) is 0 Å². The monoisotopic (exact) mass is 426 g/mol. The van der Waals surface area contributed by atoms with Crippen molar-refractivity contribution >= 4 is 29.9 Å². The second-order valence-corrected chi connectivity index (χ2v) is 6.03. The van der Waals surface area contributed by atoms with E-state index >= 15 is 0 Å². The molecule has 1 saturated heterocycles. The van der Waals surface area contributed by atoms with Gasteiger partial charge in [-0.1, -0.05) is 33.6 Å². The lowest BCUT2D eigenvalue weighted by Crippen LogP contribution is -2.44. The average molecular weight is 426 g/mol. The zero-order valence-corrected chi connectivity index (χ0v) is 17.1. The number of rotatable bonds is 8. The number of hydrogen-bond donors (Lipinski definition) is 2. The molecule has 0 aromatic carbocycles. The molecule has 132 valence electrons. The molecule has 1 rings (SSSR count). The smallest absolute Gasteiger partial charge is 0.190 e. The van der Waals surface area contributed by atoms with Gasteiger partial charge in [-0.25, -0.2) is 0 Å². The zero-order chi connectivity index (χ0) is 15.5. The van der Waals surface area contributed by atoms with E-state index in [1.165, 1.54) is 12.8 Å². The minimum absolute atomic E-state index is 0. The van der Waals surface area contributed by atoms with Gasteiger partial charge in [0.05, 0.1) is 13.2 Å². The van der Waals surface area contributed by atoms with E-state index in [4.69, 9.17) is 4.74 Å². The Morgan fingerprint density at radius 3 is 2.27 bits per heavy atom. The van der Waals surface area contributed by atoms with Gasteiger partial charge in [0.25, 0.3) is 0 Å². The van der Waals surface area contributed by atoms with Crippen LogP contribution in [-0.4, -0.2) is 63.8 Å². The summed E-state index contributed by atoms with van der Waals surface area (Å²) in [6, 6.07) is 0. The van der Waals surface area contributed by atoms with Crippen LogP contribution in [0, 0.1) is 11.8 Å². The third-order valence-corrected chi connectivity index (χ3v) is 4.23. The number of nitrogens with zero attached hydrogens (tertiary/aromatic N) is 2. The summed E-state index contributed by atoms with van der Waals surface area (Å²) < 4.78 is 5.39. The summed E-state index contributed by atoms with van der Waals surface area (Å²) in [6.45, 7) is 13.7. The standard InChI is InChI=1S/C16H34N4O.HI/c1-5-15(6-2)12-19-16(17-4)18-11-14(3)13-20-7-9-21-10-8-20;/h14-15H,5-13H2,1-4H3,(H2,17,18,19);1H. The van der Waals surface area contributed by atoms with Gasteiger partial charge in [0.2, 0.25) is 0 Å². The van der Waals surface area contributed by atoms with Crippen LogP contribution in [0.5, 0.6) is 0 Å². The molecule has 0 radical (unpaired) electrons. The van der Waals surface area contributed by atoms with Gasteiger partial charge in [0.1, 0.15) is 0 Å². The maximum Gasteiger partial charge on any atom is 0.190 e. The van der Waals surface area contributed by atoms with Gasteiger partial charge in [-0.3, -0.25) is 9.89 Å². The second kappa shape index (κ2) is 13.4. The van der Waals surface area contributed by atoms with Crippen molar-refractivity contribution in [1.29, 1.82) is 0 Å². The van der Waals surface area contributed by atoms with Crippen molar-refractivity contribution in [1.82, 2.24) is 15.5 Å². The molecule has 5 nitrogen and oxygen atoms in total. The van der Waals surface area contributed by atoms with E-state index < -0.39 is 0 Å². The Balaban J connectivity index is 0.00000441. The Hall–Kier alpha value is -0.0800. The number of aliphatic imine (C=N–C) groups is 1. The predicted molar refractivity (Wildman–Crippen MR) is 105 cm³/mol. The maximum atomic E-state index is 5.39. The van der Waals surface area contributed by atoms with E-state index in [1.54, 1.807) is 0 Å². The molecule has 0 amide bonds. The van der Waals surface area contributed by atoms with Crippen LogP contribution < -0.4 is 10.6 Å². The molecular weight excluding hydrogens is 391 g/mol. The normalized spacial score (nSPS) is 18.0. The molecule has 2 N–H and O–H groups in total. The number of halogens is 1. The zero-order valence-electron chi connectivity index (χ0n) is 14.7. The Morgan fingerprint density at radius 2 is 1.73 bits per heavy atom. The minimum Gasteiger partial charge on any atom is -0.379 e. The Labute approximate surface area is 153 Å². The summed E-state index contributed by atoms with van der Waals surface area (Å²) >= 11 is 0. The molecule has 1 fully saturated rings. The molecule has 1 aliphatic heterocycles. The van der Waals surface area contributed by atoms with Crippen molar-refractivity contribution in [2.45, 2.75) is 33.6 Å². The van der Waals surface area contributed by atoms with Crippen molar-refractivity contribution < 1.29 is 4.74 Å². The topological polar surface area (TPSA) is 48.9 Å². The summed E-state index contributed by atoms with van der Waals surface area (Å²) in [7, 11) is 1.84. The van der Waals surface area contributed by atoms with Crippen molar-refractivity contribution in [3.63, 3.8) is 0 Å². The van der Waals surface area contributed by atoms with Gasteiger partial charge in [-0.15, -0.1) is 24.0 Å². The fraction of sp³-hybridized carbons (Fsp3) is 0.938. The van der Waals surface area contributed by atoms with Crippen molar-refractivity contribution in [2.75, 3.05) is 53.0 Å². The molecule has 1 heterocycles. The molecule has 22 heavy (non-hydrogen) atoms. The van der Waals surface area contributed by atoms with Crippen LogP contribution in [0.15, 0.2) is 4.99 Å². The van der Waals surface area contributed by atoms with E-state index in [2.05, 4.69) is 41.3 Å². The SMILES string of the molecule is CCC(CC)CNC(=NC)NCC(C)CN1CCOCC1.I. The highest BCUT2D eigenvalue weighted by Crippen LogP contribution is 2.05. The first-order valence-electron chi connectivity index (χ1n) is 8.44. The molecule has 0 aromatic heterocycles. The van der Waals surface area contributed by atoms with Crippen molar-refractivity contribution in [3.8, 4) is 0 Å².